The van der Waals surface area contributed by atoms with Crippen molar-refractivity contribution in [2.45, 2.75) is 175 Å². The molecule has 4 heterocycles. The summed E-state index contributed by atoms with van der Waals surface area (Å²) < 4.78 is 7.65. The number of unbranched alkanes of at least 4 members (excludes halogenated alkanes) is 18. The van der Waals surface area contributed by atoms with Crippen LogP contribution in [0.15, 0.2) is 200 Å². The normalized spacial score (nSPS) is 11.9. The van der Waals surface area contributed by atoms with Crippen LogP contribution < -0.4 is 0 Å². The van der Waals surface area contributed by atoms with Gasteiger partial charge in [-0.25, -0.2) is 15.0 Å². The van der Waals surface area contributed by atoms with Crippen LogP contribution >= 0.6 is 0 Å². The van der Waals surface area contributed by atoms with Gasteiger partial charge in [0.05, 0.1) is 0 Å². The van der Waals surface area contributed by atoms with Crippen molar-refractivity contribution in [3.8, 4) is 67.5 Å². The van der Waals surface area contributed by atoms with Crippen LogP contribution in [0.4, 0.5) is 0 Å². The third-order valence-corrected chi connectivity index (χ3v) is 19.3. The third-order valence-electron chi connectivity index (χ3n) is 19.3. The quantitative estimate of drug-likeness (QED) is 0.0422. The number of aromatic nitrogens is 6. The molecule has 9 aromatic carbocycles. The molecule has 0 spiro atoms. The van der Waals surface area contributed by atoms with Gasteiger partial charge in [0.25, 0.3) is 0 Å². The molecule has 0 aliphatic carbocycles. The Morgan fingerprint density at radius 1 is 0.211 bits per heavy atom. The first-order valence-corrected chi connectivity index (χ1v) is 34.7. The lowest BCUT2D eigenvalue weighted by Gasteiger charge is -2.11. The molecule has 6 heteroatoms. The van der Waals surface area contributed by atoms with E-state index >= 15 is 0 Å². The Morgan fingerprint density at radius 2 is 0.433 bits per heavy atom. The maximum Gasteiger partial charge on any atom is 0.164 e. The highest BCUT2D eigenvalue weighted by atomic mass is 15.0. The van der Waals surface area contributed by atoms with Crippen LogP contribution in [0.2, 0.25) is 0 Å². The van der Waals surface area contributed by atoms with Gasteiger partial charge in [0.2, 0.25) is 0 Å². The molecule has 0 bridgehead atoms. The first-order chi connectivity index (χ1) is 44.5. The number of rotatable bonds is 30. The molecule has 4 aromatic heterocycles. The van der Waals surface area contributed by atoms with Crippen LogP contribution in [0.25, 0.3) is 133 Å². The Hall–Kier alpha value is -8.61. The van der Waals surface area contributed by atoms with Crippen molar-refractivity contribution < 1.29 is 0 Å². The fourth-order valence-corrected chi connectivity index (χ4v) is 14.3. The largest absolute Gasteiger partial charge is 0.340 e. The van der Waals surface area contributed by atoms with E-state index in [0.29, 0.717) is 17.5 Å². The molecule has 0 saturated heterocycles. The van der Waals surface area contributed by atoms with E-state index in [2.05, 4.69) is 235 Å². The smallest absolute Gasteiger partial charge is 0.164 e. The topological polar surface area (TPSA) is 53.5 Å². The third kappa shape index (κ3) is 13.2. The van der Waals surface area contributed by atoms with E-state index in [1.165, 1.54) is 217 Å². The van der Waals surface area contributed by atoms with Crippen molar-refractivity contribution in [1.29, 1.82) is 0 Å². The Balaban J connectivity index is 0.800. The number of benzene rings is 9. The summed E-state index contributed by atoms with van der Waals surface area (Å²) in [5.74, 6) is 1.95. The van der Waals surface area contributed by atoms with E-state index < -0.39 is 0 Å². The maximum absolute atomic E-state index is 5.29. The highest BCUT2D eigenvalue weighted by Gasteiger charge is 2.18. The van der Waals surface area contributed by atoms with Crippen molar-refractivity contribution in [3.05, 3.63) is 200 Å². The number of hydrogen-bond acceptors (Lipinski definition) is 3. The Morgan fingerprint density at radius 3 is 0.711 bits per heavy atom. The molecule has 0 aliphatic rings. The molecule has 0 atom stereocenters. The summed E-state index contributed by atoms with van der Waals surface area (Å²) in [5, 5.41) is 7.88. The molecule has 6 nitrogen and oxygen atoms in total. The SMILES string of the molecule is CCCCCCCCCn1c2ccccc2c2cc(-c3ccc(-c4nc(-c5ccc(-c6ccc7c(c6)c6ccccc6n7CCCCCCCCC)cc5)nc(-c5ccc(-c6ccc7c(c6)c6ccccc6n7CCCCCCCCC)cc5)n4)cc3)ccc21. The van der Waals surface area contributed by atoms with Crippen LogP contribution in [0.1, 0.15) is 156 Å². The van der Waals surface area contributed by atoms with E-state index in [9.17, 15) is 0 Å². The summed E-state index contributed by atoms with van der Waals surface area (Å²) in [5.41, 5.74) is 17.8. The first-order valence-electron chi connectivity index (χ1n) is 34.7. The minimum atomic E-state index is 0.648. The summed E-state index contributed by atoms with van der Waals surface area (Å²) in [7, 11) is 0. The molecule has 0 saturated carbocycles. The zero-order valence-electron chi connectivity index (χ0n) is 53.7. The van der Waals surface area contributed by atoms with E-state index in [1.54, 1.807) is 0 Å². The van der Waals surface area contributed by atoms with Gasteiger partial charge in [0.15, 0.2) is 17.5 Å². The lowest BCUT2D eigenvalue weighted by Crippen LogP contribution is -2.00. The monoisotopic (exact) mass is 1180 g/mol. The van der Waals surface area contributed by atoms with Crippen molar-refractivity contribution >= 4 is 65.4 Å². The van der Waals surface area contributed by atoms with E-state index in [-0.39, 0.29) is 0 Å². The van der Waals surface area contributed by atoms with Gasteiger partial charge < -0.3 is 13.7 Å². The summed E-state index contributed by atoms with van der Waals surface area (Å²) in [6, 6.07) is 74.4. The second-order valence-electron chi connectivity index (χ2n) is 25.6. The summed E-state index contributed by atoms with van der Waals surface area (Å²) in [4.78, 5) is 15.9. The van der Waals surface area contributed by atoms with Gasteiger partial charge >= 0.3 is 0 Å². The van der Waals surface area contributed by atoms with E-state index in [1.807, 2.05) is 0 Å². The predicted octanol–water partition coefficient (Wildman–Crippen LogP) is 24.4. The summed E-state index contributed by atoms with van der Waals surface area (Å²) >= 11 is 0. The van der Waals surface area contributed by atoms with Crippen LogP contribution in [0.3, 0.4) is 0 Å². The highest BCUT2D eigenvalue weighted by Crippen LogP contribution is 2.38. The minimum Gasteiger partial charge on any atom is -0.340 e. The van der Waals surface area contributed by atoms with Gasteiger partial charge in [0, 0.05) is 102 Å². The number of nitrogens with zero attached hydrogens (tertiary/aromatic N) is 6. The van der Waals surface area contributed by atoms with E-state index in [0.717, 1.165) is 53.0 Å². The molecule has 13 aromatic rings. The number of fused-ring (bicyclic) bond motifs is 9. The van der Waals surface area contributed by atoms with Crippen LogP contribution in [-0.4, -0.2) is 28.7 Å². The Kier molecular flexibility index (Phi) is 19.4. The molecule has 13 rings (SSSR count). The zero-order valence-corrected chi connectivity index (χ0v) is 53.7. The van der Waals surface area contributed by atoms with Gasteiger partial charge in [-0.15, -0.1) is 0 Å². The molecule has 456 valence electrons. The Labute approximate surface area is 534 Å². The van der Waals surface area contributed by atoms with Gasteiger partial charge in [-0.05, 0) is 107 Å². The maximum atomic E-state index is 5.29. The Bertz CT molecular complexity index is 4050. The number of aryl methyl sites for hydroxylation is 3. The van der Waals surface area contributed by atoms with Crippen molar-refractivity contribution in [2.24, 2.45) is 0 Å². The van der Waals surface area contributed by atoms with Crippen LogP contribution in [-0.2, 0) is 19.6 Å². The molecule has 0 unspecified atom stereocenters. The molecule has 0 radical (unpaired) electrons. The van der Waals surface area contributed by atoms with Crippen LogP contribution in [0, 0.1) is 0 Å². The van der Waals surface area contributed by atoms with Gasteiger partial charge in [-0.1, -0.05) is 282 Å². The molecule has 0 N–H and O–H groups in total. The second kappa shape index (κ2) is 28.9. The second-order valence-corrected chi connectivity index (χ2v) is 25.6. The van der Waals surface area contributed by atoms with Crippen molar-refractivity contribution in [3.63, 3.8) is 0 Å². The number of hydrogen-bond donors (Lipinski definition) is 0. The van der Waals surface area contributed by atoms with Gasteiger partial charge in [-0.2, -0.15) is 0 Å². The first kappa shape index (κ1) is 60.3. The molecular formula is C84H90N6. The fourth-order valence-electron chi connectivity index (χ4n) is 14.3. The lowest BCUT2D eigenvalue weighted by atomic mass is 10.0. The zero-order chi connectivity index (χ0) is 61.0. The average molecular weight is 1180 g/mol. The van der Waals surface area contributed by atoms with Crippen molar-refractivity contribution in [2.75, 3.05) is 0 Å². The standard InChI is InChI=1S/C84H90N6/c1-4-7-10-13-16-19-28-55-88-76-34-25-22-31-70(76)73-58-67(49-52-79(73)88)61-37-43-64(44-38-61)82-85-83(65-45-39-62(40-46-65)68-50-53-80-74(59-68)71-32-23-26-35-77(71)89(80)56-29-20-17-14-11-8-5-2)87-84(86-82)66-47-41-63(42-48-66)69-51-54-81-75(60-69)72-33-24-27-36-78(72)90(81)57-30-21-18-15-12-9-6-3/h22-27,31-54,58-60H,4-21,28-30,55-57H2,1-3H3. The molecule has 90 heavy (non-hydrogen) atoms. The van der Waals surface area contributed by atoms with Gasteiger partial charge in [-0.3, -0.25) is 0 Å². The number of para-hydroxylation sites is 3. The summed E-state index contributed by atoms with van der Waals surface area (Å²) in [6.45, 7) is 10.0. The van der Waals surface area contributed by atoms with Crippen molar-refractivity contribution in [1.82, 2.24) is 28.7 Å². The fraction of sp³-hybridized carbons (Fsp3) is 0.321. The summed E-state index contributed by atoms with van der Waals surface area (Å²) in [6.07, 6.45) is 27.4. The van der Waals surface area contributed by atoms with Crippen LogP contribution in [0.5, 0.6) is 0 Å². The average Bonchev–Trinajstić information content (AvgIpc) is 1.65. The molecular weight excluding hydrogens is 1090 g/mol. The molecule has 0 amide bonds. The molecule has 0 fully saturated rings. The van der Waals surface area contributed by atoms with E-state index in [4.69, 9.17) is 15.0 Å². The minimum absolute atomic E-state index is 0.648. The lowest BCUT2D eigenvalue weighted by molar-refractivity contribution is 0.561. The van der Waals surface area contributed by atoms with Gasteiger partial charge in [0.1, 0.15) is 0 Å². The highest BCUT2D eigenvalue weighted by molar-refractivity contribution is 6.11. The molecule has 0 aliphatic heterocycles. The predicted molar refractivity (Wildman–Crippen MR) is 385 cm³/mol.